The van der Waals surface area contributed by atoms with Gasteiger partial charge in [-0.05, 0) is 36.6 Å². The van der Waals surface area contributed by atoms with Crippen LogP contribution in [0.5, 0.6) is 0 Å². The summed E-state index contributed by atoms with van der Waals surface area (Å²) in [7, 11) is 0. The Hall–Kier alpha value is -1.07. The van der Waals surface area contributed by atoms with Crippen molar-refractivity contribution < 1.29 is 4.39 Å². The summed E-state index contributed by atoms with van der Waals surface area (Å²) in [6.07, 6.45) is 0.574. The molecule has 0 radical (unpaired) electrons. The molecule has 0 aromatic heterocycles. The molecule has 0 bridgehead atoms. The number of nitriles is 1. The van der Waals surface area contributed by atoms with E-state index >= 15 is 0 Å². The van der Waals surface area contributed by atoms with Gasteiger partial charge in [0.2, 0.25) is 0 Å². The van der Waals surface area contributed by atoms with Crippen LogP contribution in [0.4, 0.5) is 4.39 Å². The van der Waals surface area contributed by atoms with Crippen LogP contribution in [-0.4, -0.2) is 0 Å². The van der Waals surface area contributed by atoms with Crippen LogP contribution >= 0.6 is 11.6 Å². The third kappa shape index (κ3) is 2.05. The quantitative estimate of drug-likeness (QED) is 0.732. The van der Waals surface area contributed by atoms with Gasteiger partial charge in [-0.3, -0.25) is 0 Å². The van der Waals surface area contributed by atoms with Gasteiger partial charge in [0.05, 0.1) is 12.0 Å². The van der Waals surface area contributed by atoms with Crippen LogP contribution in [0.15, 0.2) is 12.1 Å². The molecule has 0 saturated heterocycles. The third-order valence-corrected chi connectivity index (χ3v) is 2.43. The predicted molar refractivity (Wildman–Crippen MR) is 54.8 cm³/mol. The fraction of sp³-hybridized carbons (Fsp3) is 0.364. The maximum atomic E-state index is 13.4. The summed E-state index contributed by atoms with van der Waals surface area (Å²) >= 11 is 5.73. The van der Waals surface area contributed by atoms with Crippen LogP contribution in [-0.2, 0) is 6.42 Å². The summed E-state index contributed by atoms with van der Waals surface area (Å²) in [6, 6.07) is 5.03. The van der Waals surface area contributed by atoms with Crippen molar-refractivity contribution in [2.24, 2.45) is 0 Å². The summed E-state index contributed by atoms with van der Waals surface area (Å²) in [6.45, 7) is 3.60. The SMILES string of the molecule is CCc1c(F)cc(Cl)cc1C(C)C#N. The first kappa shape index (κ1) is 11.0. The lowest BCUT2D eigenvalue weighted by atomic mass is 9.95. The molecule has 0 fully saturated rings. The van der Waals surface area contributed by atoms with E-state index in [4.69, 9.17) is 16.9 Å². The Bertz CT molecular complexity index is 382. The Kier molecular flexibility index (Phi) is 3.49. The fourth-order valence-electron chi connectivity index (χ4n) is 1.45. The molecule has 0 aliphatic rings. The highest BCUT2D eigenvalue weighted by atomic mass is 35.5. The zero-order chi connectivity index (χ0) is 10.7. The van der Waals surface area contributed by atoms with Gasteiger partial charge in [0.25, 0.3) is 0 Å². The molecule has 0 aliphatic heterocycles. The monoisotopic (exact) mass is 211 g/mol. The summed E-state index contributed by atoms with van der Waals surface area (Å²) in [5, 5.41) is 9.12. The highest BCUT2D eigenvalue weighted by molar-refractivity contribution is 6.30. The number of nitrogens with zero attached hydrogens (tertiary/aromatic N) is 1. The van der Waals surface area contributed by atoms with Crippen molar-refractivity contribution in [1.29, 1.82) is 5.26 Å². The van der Waals surface area contributed by atoms with E-state index in [0.29, 0.717) is 22.6 Å². The molecule has 0 amide bonds. The zero-order valence-corrected chi connectivity index (χ0v) is 8.90. The summed E-state index contributed by atoms with van der Waals surface area (Å²) < 4.78 is 13.4. The van der Waals surface area contributed by atoms with Crippen LogP contribution < -0.4 is 0 Å². The second kappa shape index (κ2) is 4.43. The summed E-state index contributed by atoms with van der Waals surface area (Å²) in [5.74, 6) is -0.643. The van der Waals surface area contributed by atoms with Crippen molar-refractivity contribution >= 4 is 11.6 Å². The molecule has 0 saturated carbocycles. The van der Waals surface area contributed by atoms with E-state index in [9.17, 15) is 4.39 Å². The molecule has 0 aliphatic carbocycles. The molecule has 1 aromatic carbocycles. The van der Waals surface area contributed by atoms with Crippen molar-refractivity contribution in [1.82, 2.24) is 0 Å². The first-order valence-electron chi connectivity index (χ1n) is 4.47. The maximum absolute atomic E-state index is 13.4. The van der Waals surface area contributed by atoms with Crippen molar-refractivity contribution in [3.05, 3.63) is 34.1 Å². The molecule has 1 aromatic rings. The van der Waals surface area contributed by atoms with E-state index in [-0.39, 0.29) is 11.7 Å². The first-order chi connectivity index (χ1) is 6.60. The average Bonchev–Trinajstić information content (AvgIpc) is 2.15. The van der Waals surface area contributed by atoms with Gasteiger partial charge in [0.1, 0.15) is 5.82 Å². The normalized spacial score (nSPS) is 12.2. The fourth-order valence-corrected chi connectivity index (χ4v) is 1.67. The van der Waals surface area contributed by atoms with Crippen LogP contribution in [0.25, 0.3) is 0 Å². The number of benzene rings is 1. The molecule has 1 unspecified atom stereocenters. The number of hydrogen-bond donors (Lipinski definition) is 0. The molecular formula is C11H11ClFN. The van der Waals surface area contributed by atoms with Gasteiger partial charge in [-0.15, -0.1) is 0 Å². The molecule has 0 heterocycles. The first-order valence-corrected chi connectivity index (χ1v) is 4.85. The minimum atomic E-state index is -0.322. The molecule has 0 N–H and O–H groups in total. The van der Waals surface area contributed by atoms with Gasteiger partial charge in [-0.25, -0.2) is 4.39 Å². The van der Waals surface area contributed by atoms with E-state index in [0.717, 1.165) is 0 Å². The van der Waals surface area contributed by atoms with E-state index in [1.807, 2.05) is 6.92 Å². The average molecular weight is 212 g/mol. The smallest absolute Gasteiger partial charge is 0.128 e. The lowest BCUT2D eigenvalue weighted by molar-refractivity contribution is 0.607. The van der Waals surface area contributed by atoms with Crippen molar-refractivity contribution in [2.45, 2.75) is 26.2 Å². The predicted octanol–water partition coefficient (Wildman–Crippen LogP) is 3.67. The van der Waals surface area contributed by atoms with Crippen molar-refractivity contribution in [3.8, 4) is 6.07 Å². The standard InChI is InChI=1S/C11H11ClFN/c1-3-9-10(7(2)6-14)4-8(12)5-11(9)13/h4-5,7H,3H2,1-2H3. The van der Waals surface area contributed by atoms with Crippen molar-refractivity contribution in [3.63, 3.8) is 0 Å². The Morgan fingerprint density at radius 1 is 1.57 bits per heavy atom. The Balaban J connectivity index is 3.33. The second-order valence-electron chi connectivity index (χ2n) is 3.16. The zero-order valence-electron chi connectivity index (χ0n) is 8.14. The van der Waals surface area contributed by atoms with Crippen LogP contribution in [0.2, 0.25) is 5.02 Å². The van der Waals surface area contributed by atoms with Crippen LogP contribution in [0, 0.1) is 17.1 Å². The van der Waals surface area contributed by atoms with Gasteiger partial charge in [0, 0.05) is 5.02 Å². The molecule has 14 heavy (non-hydrogen) atoms. The molecule has 3 heteroatoms. The molecule has 1 nitrogen and oxygen atoms in total. The Morgan fingerprint density at radius 3 is 2.71 bits per heavy atom. The number of halogens is 2. The van der Waals surface area contributed by atoms with Gasteiger partial charge in [-0.1, -0.05) is 18.5 Å². The molecule has 1 rings (SSSR count). The lowest BCUT2D eigenvalue weighted by Crippen LogP contribution is -2.00. The summed E-state index contributed by atoms with van der Waals surface area (Å²) in [5.41, 5.74) is 1.28. The van der Waals surface area contributed by atoms with Gasteiger partial charge in [0.15, 0.2) is 0 Å². The van der Waals surface area contributed by atoms with Crippen LogP contribution in [0.1, 0.15) is 30.9 Å². The number of hydrogen-bond acceptors (Lipinski definition) is 1. The summed E-state index contributed by atoms with van der Waals surface area (Å²) in [4.78, 5) is 0. The van der Waals surface area contributed by atoms with E-state index < -0.39 is 0 Å². The van der Waals surface area contributed by atoms with Gasteiger partial charge < -0.3 is 0 Å². The Morgan fingerprint density at radius 2 is 2.21 bits per heavy atom. The molecule has 74 valence electrons. The molecule has 0 spiro atoms. The minimum Gasteiger partial charge on any atom is -0.207 e. The minimum absolute atomic E-state index is 0.321. The van der Waals surface area contributed by atoms with E-state index in [1.165, 1.54) is 6.07 Å². The molecule has 1 atom stereocenters. The van der Waals surface area contributed by atoms with Gasteiger partial charge >= 0.3 is 0 Å². The third-order valence-electron chi connectivity index (χ3n) is 2.21. The second-order valence-corrected chi connectivity index (χ2v) is 3.60. The van der Waals surface area contributed by atoms with E-state index in [1.54, 1.807) is 13.0 Å². The number of rotatable bonds is 2. The molecular weight excluding hydrogens is 201 g/mol. The lowest BCUT2D eigenvalue weighted by Gasteiger charge is -2.11. The largest absolute Gasteiger partial charge is 0.207 e. The van der Waals surface area contributed by atoms with Gasteiger partial charge in [-0.2, -0.15) is 5.26 Å². The highest BCUT2D eigenvalue weighted by Crippen LogP contribution is 2.26. The van der Waals surface area contributed by atoms with Crippen LogP contribution in [0.3, 0.4) is 0 Å². The Labute approximate surface area is 88.1 Å². The van der Waals surface area contributed by atoms with Crippen molar-refractivity contribution in [2.75, 3.05) is 0 Å². The highest BCUT2D eigenvalue weighted by Gasteiger charge is 2.13. The maximum Gasteiger partial charge on any atom is 0.128 e. The van der Waals surface area contributed by atoms with E-state index in [2.05, 4.69) is 6.07 Å². The topological polar surface area (TPSA) is 23.8 Å².